The Morgan fingerprint density at radius 3 is 2.61 bits per heavy atom. The summed E-state index contributed by atoms with van der Waals surface area (Å²) in [6.07, 6.45) is 1.20. The Hall–Kier alpha value is -2.00. The first-order chi connectivity index (χ1) is 13.3. The number of aromatic nitrogens is 1. The lowest BCUT2D eigenvalue weighted by Gasteiger charge is -2.34. The molecule has 28 heavy (non-hydrogen) atoms. The highest BCUT2D eigenvalue weighted by Crippen LogP contribution is 2.28. The van der Waals surface area contributed by atoms with Gasteiger partial charge in [0.15, 0.2) is 0 Å². The zero-order valence-electron chi connectivity index (χ0n) is 15.6. The first-order valence-electron chi connectivity index (χ1n) is 8.90. The van der Waals surface area contributed by atoms with Gasteiger partial charge >= 0.3 is 0 Å². The number of amides is 1. The van der Waals surface area contributed by atoms with Gasteiger partial charge in [-0.3, -0.25) is 9.78 Å². The molecule has 0 radical (unpaired) electrons. The summed E-state index contributed by atoms with van der Waals surface area (Å²) in [5.41, 5.74) is 0.919. The van der Waals surface area contributed by atoms with Gasteiger partial charge in [0.1, 0.15) is 4.90 Å². The predicted octanol–water partition coefficient (Wildman–Crippen LogP) is 2.46. The maximum Gasteiger partial charge on any atom is 0.251 e. The number of pyridine rings is 1. The lowest BCUT2D eigenvalue weighted by atomic mass is 10.2. The molecular formula is C19H22ClN3O4S. The van der Waals surface area contributed by atoms with Crippen molar-refractivity contribution in [2.45, 2.75) is 37.5 Å². The SMILES string of the molecule is CC1CN(S(=O)(=O)c2cc(C(=O)NCc3ccccn3)ccc2Cl)CC(C)O1. The molecule has 2 aromatic rings. The van der Waals surface area contributed by atoms with Crippen LogP contribution in [0.15, 0.2) is 47.5 Å². The second-order valence-electron chi connectivity index (χ2n) is 6.73. The number of hydrogen-bond acceptors (Lipinski definition) is 5. The van der Waals surface area contributed by atoms with Gasteiger partial charge in [0.05, 0.1) is 29.5 Å². The highest BCUT2D eigenvalue weighted by Gasteiger charge is 2.33. The van der Waals surface area contributed by atoms with Crippen molar-refractivity contribution in [1.29, 1.82) is 0 Å². The number of carbonyl (C=O) groups is 1. The minimum Gasteiger partial charge on any atom is -0.373 e. The smallest absolute Gasteiger partial charge is 0.251 e. The van der Waals surface area contributed by atoms with E-state index >= 15 is 0 Å². The van der Waals surface area contributed by atoms with Gasteiger partial charge in [0.2, 0.25) is 10.0 Å². The number of benzene rings is 1. The van der Waals surface area contributed by atoms with Crippen LogP contribution >= 0.6 is 11.6 Å². The third-order valence-electron chi connectivity index (χ3n) is 4.35. The average Bonchev–Trinajstić information content (AvgIpc) is 2.66. The fourth-order valence-corrected chi connectivity index (χ4v) is 5.17. The van der Waals surface area contributed by atoms with Crippen LogP contribution in [0.2, 0.25) is 5.02 Å². The van der Waals surface area contributed by atoms with Gasteiger partial charge in [-0.1, -0.05) is 17.7 Å². The molecule has 1 aromatic carbocycles. The van der Waals surface area contributed by atoms with Crippen LogP contribution in [-0.4, -0.2) is 48.9 Å². The van der Waals surface area contributed by atoms with E-state index in [1.807, 2.05) is 19.9 Å². The van der Waals surface area contributed by atoms with Gasteiger partial charge in [0, 0.05) is 24.8 Å². The Morgan fingerprint density at radius 2 is 1.96 bits per heavy atom. The standard InChI is InChI=1S/C19H22ClN3O4S/c1-13-11-23(12-14(2)27-13)28(25,26)18-9-15(6-7-17(18)20)19(24)22-10-16-5-3-4-8-21-16/h3-9,13-14H,10-12H2,1-2H3,(H,22,24). The van der Waals surface area contributed by atoms with Gasteiger partial charge in [-0.15, -0.1) is 0 Å². The molecule has 0 spiro atoms. The molecule has 2 atom stereocenters. The first-order valence-corrected chi connectivity index (χ1v) is 10.7. The second kappa shape index (κ2) is 8.57. The van der Waals surface area contributed by atoms with E-state index in [4.69, 9.17) is 16.3 Å². The molecule has 7 nitrogen and oxygen atoms in total. The van der Waals surface area contributed by atoms with E-state index in [1.165, 1.54) is 22.5 Å². The number of rotatable bonds is 5. The second-order valence-corrected chi connectivity index (χ2v) is 9.04. The van der Waals surface area contributed by atoms with E-state index < -0.39 is 15.9 Å². The van der Waals surface area contributed by atoms with Crippen molar-refractivity contribution < 1.29 is 17.9 Å². The molecule has 1 N–H and O–H groups in total. The largest absolute Gasteiger partial charge is 0.373 e. The number of morpholine rings is 1. The van der Waals surface area contributed by atoms with Crippen LogP contribution in [0.4, 0.5) is 0 Å². The number of nitrogens with zero attached hydrogens (tertiary/aromatic N) is 2. The molecule has 3 rings (SSSR count). The maximum absolute atomic E-state index is 13.1. The normalized spacial score (nSPS) is 20.7. The van der Waals surface area contributed by atoms with E-state index in [0.717, 1.165) is 0 Å². The van der Waals surface area contributed by atoms with Crippen LogP contribution in [-0.2, 0) is 21.3 Å². The van der Waals surface area contributed by atoms with Gasteiger partial charge in [-0.05, 0) is 44.2 Å². The summed E-state index contributed by atoms with van der Waals surface area (Å²) in [7, 11) is -3.85. The van der Waals surface area contributed by atoms with E-state index in [-0.39, 0.29) is 47.3 Å². The summed E-state index contributed by atoms with van der Waals surface area (Å²) in [5, 5.41) is 2.81. The molecule has 1 amide bonds. The van der Waals surface area contributed by atoms with Crippen LogP contribution in [0.3, 0.4) is 0 Å². The summed E-state index contributed by atoms with van der Waals surface area (Å²) in [6.45, 7) is 4.35. The molecule has 0 bridgehead atoms. The van der Waals surface area contributed by atoms with Crippen LogP contribution in [0.25, 0.3) is 0 Å². The topological polar surface area (TPSA) is 88.6 Å². The summed E-state index contributed by atoms with van der Waals surface area (Å²) >= 11 is 6.17. The van der Waals surface area contributed by atoms with Crippen LogP contribution < -0.4 is 5.32 Å². The molecule has 150 valence electrons. The third-order valence-corrected chi connectivity index (χ3v) is 6.67. The van der Waals surface area contributed by atoms with Gasteiger partial charge in [-0.2, -0.15) is 4.31 Å². The van der Waals surface area contributed by atoms with Gasteiger partial charge < -0.3 is 10.1 Å². The Labute approximate surface area is 169 Å². The number of carbonyl (C=O) groups excluding carboxylic acids is 1. The maximum atomic E-state index is 13.1. The molecule has 0 saturated carbocycles. The molecule has 1 aliphatic heterocycles. The summed E-state index contributed by atoms with van der Waals surface area (Å²) in [6, 6.07) is 9.65. The Balaban J connectivity index is 1.81. The summed E-state index contributed by atoms with van der Waals surface area (Å²) in [4.78, 5) is 16.5. The van der Waals surface area contributed by atoms with Gasteiger partial charge in [-0.25, -0.2) is 8.42 Å². The summed E-state index contributed by atoms with van der Waals surface area (Å²) < 4.78 is 33.1. The number of ether oxygens (including phenoxy) is 1. The Bertz CT molecular complexity index is 943. The molecule has 1 aromatic heterocycles. The van der Waals surface area contributed by atoms with Crippen molar-refractivity contribution in [3.8, 4) is 0 Å². The quantitative estimate of drug-likeness (QED) is 0.798. The van der Waals surface area contributed by atoms with E-state index in [0.29, 0.717) is 5.69 Å². The first kappa shape index (κ1) is 20.7. The lowest BCUT2D eigenvalue weighted by molar-refractivity contribution is -0.0440. The molecule has 1 saturated heterocycles. The highest BCUT2D eigenvalue weighted by atomic mass is 35.5. The number of hydrogen-bond donors (Lipinski definition) is 1. The number of halogens is 1. The van der Waals surface area contributed by atoms with Crippen molar-refractivity contribution in [3.05, 3.63) is 58.9 Å². The van der Waals surface area contributed by atoms with E-state index in [2.05, 4.69) is 10.3 Å². The van der Waals surface area contributed by atoms with Crippen LogP contribution in [0.5, 0.6) is 0 Å². The lowest BCUT2D eigenvalue weighted by Crippen LogP contribution is -2.48. The van der Waals surface area contributed by atoms with Crippen LogP contribution in [0.1, 0.15) is 29.9 Å². The van der Waals surface area contributed by atoms with Crippen molar-refractivity contribution >= 4 is 27.5 Å². The molecule has 2 unspecified atom stereocenters. The summed E-state index contributed by atoms with van der Waals surface area (Å²) in [5.74, 6) is -0.400. The third kappa shape index (κ3) is 4.70. The molecule has 2 heterocycles. The molecule has 0 aliphatic carbocycles. The van der Waals surface area contributed by atoms with Crippen molar-refractivity contribution in [1.82, 2.24) is 14.6 Å². The molecule has 9 heteroatoms. The van der Waals surface area contributed by atoms with E-state index in [9.17, 15) is 13.2 Å². The number of sulfonamides is 1. The fourth-order valence-electron chi connectivity index (χ4n) is 3.08. The zero-order valence-corrected chi connectivity index (χ0v) is 17.2. The Morgan fingerprint density at radius 1 is 1.25 bits per heavy atom. The fraction of sp³-hybridized carbons (Fsp3) is 0.368. The van der Waals surface area contributed by atoms with Crippen molar-refractivity contribution in [2.24, 2.45) is 0 Å². The zero-order chi connectivity index (χ0) is 20.3. The highest BCUT2D eigenvalue weighted by molar-refractivity contribution is 7.89. The molecule has 1 aliphatic rings. The predicted molar refractivity (Wildman–Crippen MR) is 106 cm³/mol. The van der Waals surface area contributed by atoms with E-state index in [1.54, 1.807) is 18.3 Å². The monoisotopic (exact) mass is 423 g/mol. The molecule has 1 fully saturated rings. The Kier molecular flexibility index (Phi) is 6.34. The van der Waals surface area contributed by atoms with Gasteiger partial charge in [0.25, 0.3) is 5.91 Å². The van der Waals surface area contributed by atoms with Crippen molar-refractivity contribution in [2.75, 3.05) is 13.1 Å². The number of nitrogens with one attached hydrogen (secondary N) is 1. The average molecular weight is 424 g/mol. The minimum absolute atomic E-state index is 0.0769. The molecular weight excluding hydrogens is 402 g/mol. The van der Waals surface area contributed by atoms with Crippen molar-refractivity contribution in [3.63, 3.8) is 0 Å². The minimum atomic E-state index is -3.85. The van der Waals surface area contributed by atoms with Crippen LogP contribution in [0, 0.1) is 0 Å².